The van der Waals surface area contributed by atoms with Crippen LogP contribution in [0.3, 0.4) is 0 Å². The van der Waals surface area contributed by atoms with Gasteiger partial charge in [-0.25, -0.2) is 4.79 Å². The third kappa shape index (κ3) is 1.29. The van der Waals surface area contributed by atoms with Crippen LogP contribution < -0.4 is 5.73 Å². The Morgan fingerprint density at radius 3 is 2.93 bits per heavy atom. The molecule has 1 unspecified atom stereocenters. The first-order chi connectivity index (χ1) is 7.07. The van der Waals surface area contributed by atoms with Gasteiger partial charge in [-0.2, -0.15) is 0 Å². The summed E-state index contributed by atoms with van der Waals surface area (Å²) in [5.74, 6) is -1.36. The molecule has 15 heavy (non-hydrogen) atoms. The zero-order valence-electron chi connectivity index (χ0n) is 7.79. The summed E-state index contributed by atoms with van der Waals surface area (Å²) >= 11 is 1.36. The summed E-state index contributed by atoms with van der Waals surface area (Å²) in [5, 5.41) is 10.5. The van der Waals surface area contributed by atoms with Crippen LogP contribution >= 0.6 is 11.8 Å². The van der Waals surface area contributed by atoms with Crippen molar-refractivity contribution in [3.05, 3.63) is 23.6 Å². The number of nitrogens with two attached hydrogens (primary N) is 1. The van der Waals surface area contributed by atoms with Gasteiger partial charge in [0.2, 0.25) is 5.91 Å². The van der Waals surface area contributed by atoms with Gasteiger partial charge in [-0.3, -0.25) is 4.79 Å². The number of carbonyl (C=O) groups excluding carboxylic acids is 1. The van der Waals surface area contributed by atoms with Gasteiger partial charge < -0.3 is 15.7 Å². The molecule has 1 fully saturated rings. The number of fused-ring (bicyclic) bond motifs is 1. The molecule has 0 aromatic rings. The Bertz CT molecular complexity index is 380. The monoisotopic (exact) mass is 226 g/mol. The topological polar surface area (TPSA) is 83.6 Å². The molecule has 0 aromatic carbocycles. The molecule has 3 atom stereocenters. The Labute approximate surface area is 90.6 Å². The molecule has 0 radical (unpaired) electrons. The molecule has 3 N–H and O–H groups in total. The van der Waals surface area contributed by atoms with E-state index < -0.39 is 18.1 Å². The van der Waals surface area contributed by atoms with Gasteiger partial charge in [0.25, 0.3) is 0 Å². The Kier molecular flexibility index (Phi) is 2.32. The number of carboxylic acids is 1. The van der Waals surface area contributed by atoms with E-state index in [1.54, 1.807) is 5.41 Å². The smallest absolute Gasteiger partial charge is 0.331 e. The van der Waals surface area contributed by atoms with Crippen molar-refractivity contribution < 1.29 is 14.7 Å². The second-order valence-electron chi connectivity index (χ2n) is 3.36. The molecule has 1 saturated heterocycles. The molecule has 5 nitrogen and oxygen atoms in total. The third-order valence-corrected chi connectivity index (χ3v) is 3.74. The van der Waals surface area contributed by atoms with Gasteiger partial charge in [-0.1, -0.05) is 12.7 Å². The Morgan fingerprint density at radius 2 is 2.40 bits per heavy atom. The van der Waals surface area contributed by atoms with Crippen molar-refractivity contribution in [3.63, 3.8) is 0 Å². The van der Waals surface area contributed by atoms with E-state index in [0.717, 1.165) is 0 Å². The molecule has 0 aliphatic carbocycles. The van der Waals surface area contributed by atoms with Crippen LogP contribution in [0, 0.1) is 0 Å². The number of amides is 1. The molecule has 0 bridgehead atoms. The summed E-state index contributed by atoms with van der Waals surface area (Å²) < 4.78 is 0. The number of thioether (sulfide) groups is 1. The molecule has 2 rings (SSSR count). The highest BCUT2D eigenvalue weighted by Crippen LogP contribution is 2.39. The summed E-state index contributed by atoms with van der Waals surface area (Å²) in [5.41, 5.74) is 6.10. The number of β-lactam (4-membered cyclic amide) rings is 1. The number of carbonyl (C=O) groups is 2. The number of aliphatic carboxylic acids is 1. The lowest BCUT2D eigenvalue weighted by molar-refractivity contribution is -0.157. The number of nitrogens with zero attached hydrogens (tertiary/aromatic N) is 1. The van der Waals surface area contributed by atoms with Gasteiger partial charge in [0.15, 0.2) is 6.04 Å². The van der Waals surface area contributed by atoms with Crippen molar-refractivity contribution in [2.45, 2.75) is 17.5 Å². The average molecular weight is 226 g/mol. The van der Waals surface area contributed by atoms with Crippen LogP contribution in [-0.4, -0.2) is 39.3 Å². The highest BCUT2D eigenvalue weighted by atomic mass is 32.2. The fraction of sp³-hybridized carbons (Fsp3) is 0.333. The maximum absolute atomic E-state index is 11.4. The van der Waals surface area contributed by atoms with E-state index in [2.05, 4.69) is 6.58 Å². The molecule has 80 valence electrons. The highest BCUT2D eigenvalue weighted by Gasteiger charge is 2.53. The van der Waals surface area contributed by atoms with E-state index in [1.807, 2.05) is 0 Å². The molecule has 0 saturated carbocycles. The zero-order chi connectivity index (χ0) is 11.2. The minimum Gasteiger partial charge on any atom is -0.479 e. The van der Waals surface area contributed by atoms with Gasteiger partial charge in [-0.05, 0) is 11.0 Å². The van der Waals surface area contributed by atoms with E-state index in [9.17, 15) is 9.59 Å². The first-order valence-electron chi connectivity index (χ1n) is 4.36. The van der Waals surface area contributed by atoms with Gasteiger partial charge in [0, 0.05) is 0 Å². The predicted octanol–water partition coefficient (Wildman–Crippen LogP) is -0.248. The van der Waals surface area contributed by atoms with Crippen molar-refractivity contribution in [1.29, 1.82) is 0 Å². The SMILES string of the molecule is C=CC1=CS[C@@H]2[C@@H](N)C(=O)N2C1C(=O)O. The van der Waals surface area contributed by atoms with Crippen molar-refractivity contribution >= 4 is 23.6 Å². The van der Waals surface area contributed by atoms with Gasteiger partial charge in [-0.15, -0.1) is 11.8 Å². The minimum atomic E-state index is -1.05. The molecular formula is C9H10N2O3S. The Balaban J connectivity index is 2.35. The molecule has 2 aliphatic heterocycles. The number of hydrogen-bond acceptors (Lipinski definition) is 4. The first kappa shape index (κ1) is 10.3. The Morgan fingerprint density at radius 1 is 1.73 bits per heavy atom. The summed E-state index contributed by atoms with van der Waals surface area (Å²) in [6.45, 7) is 3.53. The van der Waals surface area contributed by atoms with Crippen LogP contribution in [0.25, 0.3) is 0 Å². The lowest BCUT2D eigenvalue weighted by Gasteiger charge is -2.49. The quantitative estimate of drug-likeness (QED) is 0.634. The highest BCUT2D eigenvalue weighted by molar-refractivity contribution is 8.03. The summed E-state index contributed by atoms with van der Waals surface area (Å²) in [7, 11) is 0. The maximum atomic E-state index is 11.4. The predicted molar refractivity (Wildman–Crippen MR) is 55.9 cm³/mol. The largest absolute Gasteiger partial charge is 0.479 e. The van der Waals surface area contributed by atoms with Crippen molar-refractivity contribution in [3.8, 4) is 0 Å². The number of hydrogen-bond donors (Lipinski definition) is 2. The van der Waals surface area contributed by atoms with Crippen LogP contribution in [0.4, 0.5) is 0 Å². The molecule has 2 heterocycles. The maximum Gasteiger partial charge on any atom is 0.331 e. The van der Waals surface area contributed by atoms with E-state index in [4.69, 9.17) is 10.8 Å². The van der Waals surface area contributed by atoms with Gasteiger partial charge in [0.05, 0.1) is 0 Å². The van der Waals surface area contributed by atoms with Crippen LogP contribution in [0.15, 0.2) is 23.6 Å². The molecule has 2 aliphatic rings. The second kappa shape index (κ2) is 3.39. The molecule has 1 amide bonds. The van der Waals surface area contributed by atoms with Crippen molar-refractivity contribution in [1.82, 2.24) is 4.90 Å². The molecular weight excluding hydrogens is 216 g/mol. The van der Waals surface area contributed by atoms with E-state index in [-0.39, 0.29) is 11.3 Å². The van der Waals surface area contributed by atoms with Crippen LogP contribution in [0.5, 0.6) is 0 Å². The lowest BCUT2D eigenvalue weighted by Crippen LogP contribution is -2.72. The normalized spacial score (nSPS) is 33.9. The Hall–Kier alpha value is -1.27. The zero-order valence-corrected chi connectivity index (χ0v) is 8.61. The van der Waals surface area contributed by atoms with Gasteiger partial charge >= 0.3 is 5.97 Å². The number of rotatable bonds is 2. The van der Waals surface area contributed by atoms with E-state index in [1.165, 1.54) is 22.7 Å². The second-order valence-corrected chi connectivity index (χ2v) is 4.35. The molecule has 6 heteroatoms. The third-order valence-electron chi connectivity index (χ3n) is 2.53. The number of carboxylic acid groups (broad SMARTS) is 1. The van der Waals surface area contributed by atoms with Crippen molar-refractivity contribution in [2.75, 3.05) is 0 Å². The fourth-order valence-electron chi connectivity index (χ4n) is 1.73. The standard InChI is InChI=1S/C9H10N2O3S/c1-2-4-3-15-8-5(10)7(12)11(8)6(4)9(13)14/h2-3,5-6,8H,1,10H2,(H,13,14)/t5-,6?,8+/m0/s1. The van der Waals surface area contributed by atoms with E-state index in [0.29, 0.717) is 5.57 Å². The average Bonchev–Trinajstić information content (AvgIpc) is 2.25. The first-order valence-corrected chi connectivity index (χ1v) is 5.30. The van der Waals surface area contributed by atoms with Gasteiger partial charge in [0.1, 0.15) is 11.4 Å². The summed E-state index contributed by atoms with van der Waals surface area (Å²) in [6.07, 6.45) is 1.46. The summed E-state index contributed by atoms with van der Waals surface area (Å²) in [6, 6.07) is -1.51. The molecule has 0 spiro atoms. The van der Waals surface area contributed by atoms with Crippen LogP contribution in [0.1, 0.15) is 0 Å². The van der Waals surface area contributed by atoms with E-state index >= 15 is 0 Å². The van der Waals surface area contributed by atoms with Crippen LogP contribution in [-0.2, 0) is 9.59 Å². The van der Waals surface area contributed by atoms with Crippen LogP contribution in [0.2, 0.25) is 0 Å². The fourth-order valence-corrected chi connectivity index (χ4v) is 2.89. The minimum absolute atomic E-state index is 0.248. The molecule has 0 aromatic heterocycles. The summed E-state index contributed by atoms with van der Waals surface area (Å²) in [4.78, 5) is 23.8. The lowest BCUT2D eigenvalue weighted by atomic mass is 9.99. The van der Waals surface area contributed by atoms with Crippen molar-refractivity contribution in [2.24, 2.45) is 5.73 Å².